The molecule has 0 unspecified atom stereocenters. The maximum absolute atomic E-state index is 12.1. The molecular weight excluding hydrogens is 463 g/mol. The molecular formula is C19H17IN2O5. The molecule has 1 aliphatic heterocycles. The van der Waals surface area contributed by atoms with Crippen LogP contribution in [0.4, 0.5) is 11.4 Å². The van der Waals surface area contributed by atoms with Gasteiger partial charge in [-0.15, -0.1) is 0 Å². The van der Waals surface area contributed by atoms with Gasteiger partial charge < -0.3 is 19.7 Å². The molecule has 1 N–H and O–H groups in total. The Labute approximate surface area is 169 Å². The molecule has 0 bridgehead atoms. The number of nitrogens with zero attached hydrogens (tertiary/aromatic N) is 1. The van der Waals surface area contributed by atoms with Crippen molar-refractivity contribution in [2.24, 2.45) is 0 Å². The van der Waals surface area contributed by atoms with E-state index >= 15 is 0 Å². The molecule has 0 fully saturated rings. The van der Waals surface area contributed by atoms with Gasteiger partial charge >= 0.3 is 5.97 Å². The van der Waals surface area contributed by atoms with Crippen LogP contribution in [0.1, 0.15) is 6.42 Å². The second kappa shape index (κ2) is 8.85. The maximum atomic E-state index is 12.1. The lowest BCUT2D eigenvalue weighted by molar-refractivity contribution is -0.147. The Morgan fingerprint density at radius 3 is 2.81 bits per heavy atom. The van der Waals surface area contributed by atoms with Crippen LogP contribution in [0.2, 0.25) is 0 Å². The molecule has 27 heavy (non-hydrogen) atoms. The number of carbonyl (C=O) groups is 3. The molecule has 2 aromatic rings. The fraction of sp³-hybridized carbons (Fsp3) is 0.211. The van der Waals surface area contributed by atoms with E-state index in [1.165, 1.54) is 4.90 Å². The van der Waals surface area contributed by atoms with E-state index in [1.54, 1.807) is 24.3 Å². The summed E-state index contributed by atoms with van der Waals surface area (Å²) in [6, 6.07) is 14.4. The fourth-order valence-corrected chi connectivity index (χ4v) is 3.13. The smallest absolute Gasteiger partial charge is 0.308 e. The van der Waals surface area contributed by atoms with Crippen molar-refractivity contribution < 1.29 is 23.9 Å². The van der Waals surface area contributed by atoms with Crippen LogP contribution in [-0.2, 0) is 19.1 Å². The number of nitrogens with one attached hydrogen (secondary N) is 1. The molecule has 0 saturated heterocycles. The van der Waals surface area contributed by atoms with Gasteiger partial charge in [-0.3, -0.25) is 14.4 Å². The van der Waals surface area contributed by atoms with Gasteiger partial charge in [-0.05, 0) is 52.9 Å². The van der Waals surface area contributed by atoms with E-state index < -0.39 is 11.9 Å². The zero-order valence-electron chi connectivity index (χ0n) is 14.3. The molecule has 7 nitrogen and oxygen atoms in total. The molecule has 0 aromatic heterocycles. The summed E-state index contributed by atoms with van der Waals surface area (Å²) in [5.41, 5.74) is 1.26. The summed E-state index contributed by atoms with van der Waals surface area (Å²) in [5.74, 6) is -0.594. The molecule has 2 amide bonds. The summed E-state index contributed by atoms with van der Waals surface area (Å²) < 4.78 is 11.3. The highest BCUT2D eigenvalue weighted by atomic mass is 127. The van der Waals surface area contributed by atoms with E-state index in [0.29, 0.717) is 17.1 Å². The third kappa shape index (κ3) is 5.19. The Bertz CT molecular complexity index is 871. The van der Waals surface area contributed by atoms with E-state index in [4.69, 9.17) is 9.47 Å². The van der Waals surface area contributed by atoms with Crippen LogP contribution >= 0.6 is 22.6 Å². The number of ether oxygens (including phenoxy) is 2. The number of fused-ring (bicyclic) bond motifs is 1. The van der Waals surface area contributed by atoms with Crippen LogP contribution in [-0.4, -0.2) is 37.5 Å². The van der Waals surface area contributed by atoms with Gasteiger partial charge in [0, 0.05) is 15.8 Å². The van der Waals surface area contributed by atoms with Crippen LogP contribution in [0.15, 0.2) is 48.5 Å². The Kier molecular flexibility index (Phi) is 6.28. The second-order valence-electron chi connectivity index (χ2n) is 5.77. The van der Waals surface area contributed by atoms with Crippen LogP contribution in [0.25, 0.3) is 0 Å². The van der Waals surface area contributed by atoms with E-state index in [2.05, 4.69) is 27.9 Å². The summed E-state index contributed by atoms with van der Waals surface area (Å²) >= 11 is 2.14. The first-order valence-corrected chi connectivity index (χ1v) is 9.34. The summed E-state index contributed by atoms with van der Waals surface area (Å²) in [7, 11) is 0. The maximum Gasteiger partial charge on any atom is 0.308 e. The zero-order chi connectivity index (χ0) is 19.2. The molecule has 8 heteroatoms. The van der Waals surface area contributed by atoms with E-state index in [9.17, 15) is 14.4 Å². The lowest BCUT2D eigenvalue weighted by atomic mass is 10.2. The fourth-order valence-electron chi connectivity index (χ4n) is 2.58. The minimum atomic E-state index is -0.551. The zero-order valence-corrected chi connectivity index (χ0v) is 16.5. The number of esters is 1. The third-order valence-corrected chi connectivity index (χ3v) is 4.49. The summed E-state index contributed by atoms with van der Waals surface area (Å²) in [4.78, 5) is 37.4. The largest absolute Gasteiger partial charge is 0.482 e. The second-order valence-corrected chi connectivity index (χ2v) is 7.02. The number of para-hydroxylation sites is 2. The Balaban J connectivity index is 1.47. The van der Waals surface area contributed by atoms with Gasteiger partial charge in [0.25, 0.3) is 11.8 Å². The van der Waals surface area contributed by atoms with Crippen molar-refractivity contribution in [1.82, 2.24) is 0 Å². The Hall–Kier alpha value is -2.62. The summed E-state index contributed by atoms with van der Waals surface area (Å²) in [5, 5.41) is 2.66. The van der Waals surface area contributed by atoms with Gasteiger partial charge in [0.05, 0.1) is 12.1 Å². The summed E-state index contributed by atoms with van der Waals surface area (Å²) in [6.45, 7) is -0.279. The highest BCUT2D eigenvalue weighted by Crippen LogP contribution is 2.31. The molecule has 140 valence electrons. The van der Waals surface area contributed by atoms with E-state index in [0.717, 1.165) is 3.57 Å². The van der Waals surface area contributed by atoms with Crippen molar-refractivity contribution in [2.45, 2.75) is 6.42 Å². The third-order valence-electron chi connectivity index (χ3n) is 3.82. The van der Waals surface area contributed by atoms with Crippen molar-refractivity contribution in [3.05, 3.63) is 52.1 Å². The van der Waals surface area contributed by atoms with Crippen molar-refractivity contribution in [1.29, 1.82) is 0 Å². The monoisotopic (exact) mass is 480 g/mol. The average molecular weight is 480 g/mol. The topological polar surface area (TPSA) is 84.9 Å². The van der Waals surface area contributed by atoms with Gasteiger partial charge in [0.15, 0.2) is 13.2 Å². The predicted octanol–water partition coefficient (Wildman–Crippen LogP) is 2.59. The highest BCUT2D eigenvalue weighted by Gasteiger charge is 2.25. The lowest BCUT2D eigenvalue weighted by Crippen LogP contribution is -2.40. The van der Waals surface area contributed by atoms with Crippen molar-refractivity contribution >= 4 is 51.7 Å². The van der Waals surface area contributed by atoms with Gasteiger partial charge in [0.1, 0.15) is 5.75 Å². The normalized spacial score (nSPS) is 12.8. The Morgan fingerprint density at radius 1 is 1.19 bits per heavy atom. The number of carbonyl (C=O) groups excluding carboxylic acids is 3. The first-order valence-electron chi connectivity index (χ1n) is 8.26. The van der Waals surface area contributed by atoms with Crippen molar-refractivity contribution in [3.63, 3.8) is 0 Å². The number of amides is 2. The Morgan fingerprint density at radius 2 is 2.00 bits per heavy atom. The minimum Gasteiger partial charge on any atom is -0.482 e. The van der Waals surface area contributed by atoms with E-state index in [1.807, 2.05) is 24.3 Å². The van der Waals surface area contributed by atoms with Gasteiger partial charge in [-0.1, -0.05) is 18.2 Å². The van der Waals surface area contributed by atoms with Gasteiger partial charge in [-0.2, -0.15) is 0 Å². The highest BCUT2D eigenvalue weighted by molar-refractivity contribution is 14.1. The number of halogens is 1. The standard InChI is InChI=1S/C19H17IN2O5/c20-13-4-3-5-14(10-13)21-17(23)11-27-19(25)8-9-22-15-6-1-2-7-16(15)26-12-18(22)24/h1-7,10H,8-9,11-12H2,(H,21,23). The molecule has 0 radical (unpaired) electrons. The molecule has 2 aromatic carbocycles. The van der Waals surface area contributed by atoms with Crippen LogP contribution in [0, 0.1) is 3.57 Å². The average Bonchev–Trinajstić information content (AvgIpc) is 2.65. The van der Waals surface area contributed by atoms with Crippen molar-refractivity contribution in [3.8, 4) is 5.75 Å². The SMILES string of the molecule is O=C(COC(=O)CCN1C(=O)COc2ccccc21)Nc1cccc(I)c1. The molecule has 0 spiro atoms. The van der Waals surface area contributed by atoms with Crippen LogP contribution in [0.5, 0.6) is 5.75 Å². The van der Waals surface area contributed by atoms with E-state index in [-0.39, 0.29) is 32.1 Å². The first kappa shape index (κ1) is 19.2. The number of rotatable bonds is 6. The quantitative estimate of drug-likeness (QED) is 0.508. The molecule has 0 saturated carbocycles. The number of hydrogen-bond donors (Lipinski definition) is 1. The predicted molar refractivity (Wildman–Crippen MR) is 108 cm³/mol. The van der Waals surface area contributed by atoms with Crippen molar-refractivity contribution in [2.75, 3.05) is 30.0 Å². The lowest BCUT2D eigenvalue weighted by Gasteiger charge is -2.28. The number of anilines is 2. The molecule has 1 heterocycles. The van der Waals surface area contributed by atoms with Gasteiger partial charge in [0.2, 0.25) is 0 Å². The first-order chi connectivity index (χ1) is 13.0. The number of benzene rings is 2. The molecule has 0 aliphatic carbocycles. The van der Waals surface area contributed by atoms with Gasteiger partial charge in [-0.25, -0.2) is 0 Å². The molecule has 0 atom stereocenters. The molecule has 3 rings (SSSR count). The summed E-state index contributed by atoms with van der Waals surface area (Å²) in [6.07, 6.45) is -0.0173. The minimum absolute atomic E-state index is 0.0173. The van der Waals surface area contributed by atoms with Crippen LogP contribution < -0.4 is 15.0 Å². The molecule has 1 aliphatic rings. The number of hydrogen-bond acceptors (Lipinski definition) is 5. The van der Waals surface area contributed by atoms with Crippen LogP contribution in [0.3, 0.4) is 0 Å².